The van der Waals surface area contributed by atoms with Gasteiger partial charge in [-0.2, -0.15) is 0 Å². The lowest BCUT2D eigenvalue weighted by atomic mass is 10.2. The summed E-state index contributed by atoms with van der Waals surface area (Å²) in [6, 6.07) is 12.2. The van der Waals surface area contributed by atoms with E-state index in [-0.39, 0.29) is 10.8 Å². The SMILES string of the molecule is COc1ccc(-c2nnc(NC(=O)CN(c3cccc(F)c3)S(C)(=O)=O)s2)cc1. The quantitative estimate of drug-likeness (QED) is 0.611. The number of ether oxygens (including phenoxy) is 1. The standard InChI is InChI=1S/C18H17FN4O4S2/c1-27-15-8-6-12(7-9-15)17-21-22-18(28-17)20-16(24)11-23(29(2,25)26)14-5-3-4-13(19)10-14/h3-10H,11H2,1-2H3,(H,20,22,24). The van der Waals surface area contributed by atoms with E-state index in [0.29, 0.717) is 10.8 Å². The predicted molar refractivity (Wildman–Crippen MR) is 109 cm³/mol. The molecule has 1 heterocycles. The van der Waals surface area contributed by atoms with Crippen LogP contribution in [-0.2, 0) is 14.8 Å². The summed E-state index contributed by atoms with van der Waals surface area (Å²) >= 11 is 1.14. The van der Waals surface area contributed by atoms with Gasteiger partial charge in [0, 0.05) is 5.56 Å². The van der Waals surface area contributed by atoms with Crippen molar-refractivity contribution in [3.63, 3.8) is 0 Å². The molecular weight excluding hydrogens is 419 g/mol. The second kappa shape index (κ2) is 8.53. The average Bonchev–Trinajstić information content (AvgIpc) is 3.13. The highest BCUT2D eigenvalue weighted by Crippen LogP contribution is 2.28. The van der Waals surface area contributed by atoms with E-state index in [1.807, 2.05) is 0 Å². The minimum absolute atomic E-state index is 0.0545. The predicted octanol–water partition coefficient (Wildman–Crippen LogP) is 2.76. The highest BCUT2D eigenvalue weighted by atomic mass is 32.2. The molecule has 1 aromatic heterocycles. The molecule has 0 aliphatic rings. The number of halogens is 1. The molecule has 0 spiro atoms. The molecule has 3 rings (SSSR count). The van der Waals surface area contributed by atoms with Crippen molar-refractivity contribution < 1.29 is 22.3 Å². The van der Waals surface area contributed by atoms with Crippen molar-refractivity contribution in [1.29, 1.82) is 0 Å². The van der Waals surface area contributed by atoms with E-state index in [2.05, 4.69) is 15.5 Å². The van der Waals surface area contributed by atoms with E-state index < -0.39 is 28.3 Å². The van der Waals surface area contributed by atoms with Gasteiger partial charge in [-0.25, -0.2) is 12.8 Å². The van der Waals surface area contributed by atoms with Crippen molar-refractivity contribution in [2.75, 3.05) is 29.5 Å². The molecule has 8 nitrogen and oxygen atoms in total. The summed E-state index contributed by atoms with van der Waals surface area (Å²) in [5.74, 6) is -0.535. The smallest absolute Gasteiger partial charge is 0.246 e. The molecule has 3 aromatic rings. The van der Waals surface area contributed by atoms with Crippen LogP contribution >= 0.6 is 11.3 Å². The molecule has 0 aliphatic heterocycles. The van der Waals surface area contributed by atoms with Crippen LogP contribution in [0.25, 0.3) is 10.6 Å². The van der Waals surface area contributed by atoms with E-state index in [0.717, 1.165) is 33.5 Å². The largest absolute Gasteiger partial charge is 0.497 e. The van der Waals surface area contributed by atoms with Crippen LogP contribution in [0.1, 0.15) is 0 Å². The normalized spacial score (nSPS) is 11.1. The number of anilines is 2. The monoisotopic (exact) mass is 436 g/mol. The van der Waals surface area contributed by atoms with E-state index in [4.69, 9.17) is 4.74 Å². The summed E-state index contributed by atoms with van der Waals surface area (Å²) in [6.07, 6.45) is 0.942. The van der Waals surface area contributed by atoms with Crippen molar-refractivity contribution in [1.82, 2.24) is 10.2 Å². The molecular formula is C18H17FN4O4S2. The lowest BCUT2D eigenvalue weighted by Crippen LogP contribution is -2.37. The number of sulfonamides is 1. The van der Waals surface area contributed by atoms with Gasteiger partial charge in [-0.15, -0.1) is 10.2 Å². The summed E-state index contributed by atoms with van der Waals surface area (Å²) in [4.78, 5) is 12.4. The number of nitrogens with one attached hydrogen (secondary N) is 1. The fourth-order valence-corrected chi connectivity index (χ4v) is 4.06. The number of hydrogen-bond donors (Lipinski definition) is 1. The van der Waals surface area contributed by atoms with Crippen LogP contribution < -0.4 is 14.4 Å². The Labute approximate surface area is 171 Å². The highest BCUT2D eigenvalue weighted by Gasteiger charge is 2.22. The molecule has 0 unspecified atom stereocenters. The first kappa shape index (κ1) is 20.7. The summed E-state index contributed by atoms with van der Waals surface area (Å²) < 4.78 is 43.5. The molecule has 0 atom stereocenters. The third kappa shape index (κ3) is 5.27. The molecule has 0 saturated carbocycles. The zero-order valence-corrected chi connectivity index (χ0v) is 17.1. The van der Waals surface area contributed by atoms with E-state index in [1.165, 1.54) is 18.2 Å². The van der Waals surface area contributed by atoms with E-state index >= 15 is 0 Å². The van der Waals surface area contributed by atoms with Crippen LogP contribution in [0.2, 0.25) is 0 Å². The fraction of sp³-hybridized carbons (Fsp3) is 0.167. The Bertz CT molecular complexity index is 1120. The van der Waals surface area contributed by atoms with E-state index in [9.17, 15) is 17.6 Å². The first-order valence-corrected chi connectivity index (χ1v) is 10.9. The molecule has 0 radical (unpaired) electrons. The maximum Gasteiger partial charge on any atom is 0.246 e. The van der Waals surface area contributed by atoms with Crippen molar-refractivity contribution in [3.8, 4) is 16.3 Å². The van der Waals surface area contributed by atoms with Gasteiger partial charge in [0.05, 0.1) is 19.1 Å². The summed E-state index contributed by atoms with van der Waals surface area (Å²) in [6.45, 7) is -0.528. The molecule has 29 heavy (non-hydrogen) atoms. The molecule has 0 saturated heterocycles. The molecule has 0 aliphatic carbocycles. The Balaban J connectivity index is 1.73. The van der Waals surface area contributed by atoms with Gasteiger partial charge in [0.2, 0.25) is 21.1 Å². The number of rotatable bonds is 7. The van der Waals surface area contributed by atoms with Gasteiger partial charge in [0.25, 0.3) is 0 Å². The topological polar surface area (TPSA) is 101 Å². The molecule has 0 fully saturated rings. The van der Waals surface area contributed by atoms with Crippen LogP contribution in [-0.4, -0.2) is 44.4 Å². The van der Waals surface area contributed by atoms with E-state index in [1.54, 1.807) is 31.4 Å². The number of aromatic nitrogens is 2. The third-order valence-electron chi connectivity index (χ3n) is 3.79. The van der Waals surface area contributed by atoms with Crippen molar-refractivity contribution >= 4 is 38.1 Å². The Morgan fingerprint density at radius 3 is 2.55 bits per heavy atom. The van der Waals surface area contributed by atoms with Gasteiger partial charge < -0.3 is 4.74 Å². The van der Waals surface area contributed by atoms with Crippen LogP contribution in [0.15, 0.2) is 48.5 Å². The van der Waals surface area contributed by atoms with Crippen LogP contribution in [0.5, 0.6) is 5.75 Å². The van der Waals surface area contributed by atoms with Crippen LogP contribution in [0.3, 0.4) is 0 Å². The second-order valence-electron chi connectivity index (χ2n) is 5.94. The maximum absolute atomic E-state index is 13.5. The van der Waals surface area contributed by atoms with Gasteiger partial charge in [-0.05, 0) is 42.5 Å². The summed E-state index contributed by atoms with van der Waals surface area (Å²) in [7, 11) is -2.24. The minimum Gasteiger partial charge on any atom is -0.497 e. The highest BCUT2D eigenvalue weighted by molar-refractivity contribution is 7.92. The number of benzene rings is 2. The third-order valence-corrected chi connectivity index (χ3v) is 5.82. The molecule has 11 heteroatoms. The number of carbonyl (C=O) groups is 1. The zero-order chi connectivity index (χ0) is 21.0. The molecule has 152 valence electrons. The van der Waals surface area contributed by atoms with Crippen molar-refractivity contribution in [2.45, 2.75) is 0 Å². The zero-order valence-electron chi connectivity index (χ0n) is 15.5. The lowest BCUT2D eigenvalue weighted by Gasteiger charge is -2.21. The fourth-order valence-electron chi connectivity index (χ4n) is 2.44. The molecule has 2 aromatic carbocycles. The van der Waals surface area contributed by atoms with Gasteiger partial charge in [-0.1, -0.05) is 17.4 Å². The Morgan fingerprint density at radius 1 is 1.21 bits per heavy atom. The number of amides is 1. The Hall–Kier alpha value is -3.05. The number of carbonyl (C=O) groups excluding carboxylic acids is 1. The molecule has 0 bridgehead atoms. The number of methoxy groups -OCH3 is 1. The summed E-state index contributed by atoms with van der Waals surface area (Å²) in [5, 5.41) is 11.2. The molecule has 1 amide bonds. The van der Waals surface area contributed by atoms with Gasteiger partial charge >= 0.3 is 0 Å². The number of nitrogens with zero attached hydrogens (tertiary/aromatic N) is 3. The summed E-state index contributed by atoms with van der Waals surface area (Å²) in [5.41, 5.74) is 0.847. The molecule has 1 N–H and O–H groups in total. The van der Waals surface area contributed by atoms with Gasteiger partial charge in [0.1, 0.15) is 23.1 Å². The first-order valence-electron chi connectivity index (χ1n) is 8.27. The number of hydrogen-bond acceptors (Lipinski definition) is 7. The minimum atomic E-state index is -3.81. The van der Waals surface area contributed by atoms with Crippen LogP contribution in [0, 0.1) is 5.82 Å². The first-order chi connectivity index (χ1) is 13.8. The Kier molecular flexibility index (Phi) is 6.09. The Morgan fingerprint density at radius 2 is 1.93 bits per heavy atom. The van der Waals surface area contributed by atoms with Crippen molar-refractivity contribution in [3.05, 3.63) is 54.3 Å². The average molecular weight is 436 g/mol. The van der Waals surface area contributed by atoms with Gasteiger partial charge in [-0.3, -0.25) is 14.4 Å². The van der Waals surface area contributed by atoms with Crippen molar-refractivity contribution in [2.24, 2.45) is 0 Å². The van der Waals surface area contributed by atoms with Gasteiger partial charge in [0.15, 0.2) is 0 Å². The second-order valence-corrected chi connectivity index (χ2v) is 8.82. The maximum atomic E-state index is 13.5. The van der Waals surface area contributed by atoms with Crippen LogP contribution in [0.4, 0.5) is 15.2 Å². The lowest BCUT2D eigenvalue weighted by molar-refractivity contribution is -0.114.